The average Bonchev–Trinajstić information content (AvgIpc) is 3.90. The number of hydrogen-bond acceptors (Lipinski definition) is 9. The number of pyridine rings is 1. The number of ether oxygens (including phenoxy) is 1. The van der Waals surface area contributed by atoms with Gasteiger partial charge < -0.3 is 25.4 Å². The number of aliphatic hydroxyl groups is 1. The van der Waals surface area contributed by atoms with Crippen LogP contribution in [0.15, 0.2) is 127 Å². The van der Waals surface area contributed by atoms with Crippen LogP contribution in [-0.2, 0) is 34.5 Å². The molecule has 1 saturated heterocycles. The molecule has 3 amide bonds. The fourth-order valence-electron chi connectivity index (χ4n) is 9.91. The van der Waals surface area contributed by atoms with Gasteiger partial charge in [-0.05, 0) is 101 Å². The monoisotopic (exact) mass is 984 g/mol. The Labute approximate surface area is 424 Å². The Bertz CT molecular complexity index is 3200. The van der Waals surface area contributed by atoms with Crippen LogP contribution in [0.2, 0.25) is 0 Å². The second kappa shape index (κ2) is 22.7. The van der Waals surface area contributed by atoms with Crippen molar-refractivity contribution in [3.8, 4) is 28.3 Å². The van der Waals surface area contributed by atoms with Crippen molar-refractivity contribution in [2.75, 3.05) is 26.2 Å². The molecule has 73 heavy (non-hydrogen) atoms. The van der Waals surface area contributed by atoms with E-state index in [1.165, 1.54) is 17.0 Å². The summed E-state index contributed by atoms with van der Waals surface area (Å²) >= 11 is 0. The number of rotatable bonds is 20. The van der Waals surface area contributed by atoms with Gasteiger partial charge in [-0.15, -0.1) is 0 Å². The molecule has 9 rings (SSSR count). The standard InChI is InChI=1S/C58H61FN8O6/c1-39(41-13-6-5-7-14-41)33-52(70)66-30-26-58(72,27-31-66)37-67-38-63-53-54(57(67)71)64-65(2)55(53)42-22-20-40(21-23-42)36-62-51(69)19-9-4-3-8-18-50(68)60-29-32-73-56-43(15-12-28-61-56)34-48-46-17-11-10-16-45(46)47-25-24-44(59)35-49(47)48/h5-7,10-17,20-25,28,34-35,38-39,72H,3-4,8-9,18-19,26-27,29-33,36-37H2,1-2H3,(H,60,68)(H,62,69). The number of fused-ring (bicyclic) bond motifs is 4. The highest BCUT2D eigenvalue weighted by Crippen LogP contribution is 2.45. The van der Waals surface area contributed by atoms with Crippen molar-refractivity contribution in [2.45, 2.75) is 89.3 Å². The number of amides is 3. The Hall–Kier alpha value is -7.78. The van der Waals surface area contributed by atoms with E-state index in [0.717, 1.165) is 62.9 Å². The van der Waals surface area contributed by atoms with Crippen molar-refractivity contribution in [3.63, 3.8) is 0 Å². The van der Waals surface area contributed by atoms with Gasteiger partial charge in [-0.2, -0.15) is 5.10 Å². The number of nitrogens with one attached hydrogen (secondary N) is 2. The highest BCUT2D eigenvalue weighted by atomic mass is 19.1. The first-order valence-electron chi connectivity index (χ1n) is 25.2. The number of nitrogens with zero attached hydrogens (tertiary/aromatic N) is 6. The number of hydrogen-bond donors (Lipinski definition) is 3. The number of unbranched alkanes of at least 4 members (excludes halogenated alkanes) is 3. The van der Waals surface area contributed by atoms with Gasteiger partial charge in [-0.3, -0.25) is 28.4 Å². The fraction of sp³-hybridized carbons (Fsp3) is 0.328. The molecule has 3 N–H and O–H groups in total. The number of likely N-dealkylation sites (tertiary alicyclic amines) is 1. The lowest BCUT2D eigenvalue weighted by molar-refractivity contribution is -0.136. The summed E-state index contributed by atoms with van der Waals surface area (Å²) in [6, 6.07) is 34.2. The number of aryl methyl sites for hydroxylation is 1. The summed E-state index contributed by atoms with van der Waals surface area (Å²) in [5.74, 6) is 0.175. The molecule has 2 aliphatic rings. The molecule has 4 heterocycles. The third-order valence-corrected chi connectivity index (χ3v) is 14.0. The van der Waals surface area contributed by atoms with E-state index < -0.39 is 5.60 Å². The second-order valence-corrected chi connectivity index (χ2v) is 19.2. The van der Waals surface area contributed by atoms with Gasteiger partial charge in [0.1, 0.15) is 17.9 Å². The molecule has 0 bridgehead atoms. The van der Waals surface area contributed by atoms with Crippen molar-refractivity contribution in [3.05, 3.63) is 166 Å². The molecular formula is C58H61FN8O6. The van der Waals surface area contributed by atoms with E-state index in [1.807, 2.05) is 110 Å². The summed E-state index contributed by atoms with van der Waals surface area (Å²) in [6.45, 7) is 3.84. The Morgan fingerprint density at radius 1 is 0.808 bits per heavy atom. The molecule has 7 aromatic rings. The van der Waals surface area contributed by atoms with Crippen molar-refractivity contribution in [2.24, 2.45) is 7.05 Å². The van der Waals surface area contributed by atoms with Crippen LogP contribution < -0.4 is 20.9 Å². The highest BCUT2D eigenvalue weighted by Gasteiger charge is 2.35. The van der Waals surface area contributed by atoms with E-state index in [9.17, 15) is 28.7 Å². The molecule has 0 spiro atoms. The summed E-state index contributed by atoms with van der Waals surface area (Å²) < 4.78 is 23.4. The fourth-order valence-corrected chi connectivity index (χ4v) is 9.91. The normalized spacial score (nSPS) is 14.7. The SMILES string of the molecule is CC(CC(=O)N1CCC(O)(Cn2cnc3c(-c4ccc(CNC(=O)CCCCCCC(=O)NCCOc5ncccc5C=C5c6ccccc6-c6ccc(F)cc65)cc4)n(C)nc3c2=O)CC1)c1ccccc1. The number of piperidine rings is 1. The lowest BCUT2D eigenvalue weighted by Crippen LogP contribution is -2.49. The number of carbonyl (C=O) groups is 3. The van der Waals surface area contributed by atoms with Crippen molar-refractivity contribution < 1.29 is 28.6 Å². The molecule has 0 saturated carbocycles. The Morgan fingerprint density at radius 2 is 1.51 bits per heavy atom. The minimum absolute atomic E-state index is 0.0453. The maximum absolute atomic E-state index is 14.3. The van der Waals surface area contributed by atoms with Crippen molar-refractivity contribution >= 4 is 40.4 Å². The number of carbonyl (C=O) groups excluding carboxylic acids is 3. The molecule has 1 unspecified atom stereocenters. The van der Waals surface area contributed by atoms with Gasteiger partial charge in [0, 0.05) is 63.3 Å². The van der Waals surface area contributed by atoms with E-state index in [0.29, 0.717) is 88.2 Å². The van der Waals surface area contributed by atoms with E-state index in [2.05, 4.69) is 25.7 Å². The third-order valence-electron chi connectivity index (χ3n) is 14.0. The number of benzene rings is 4. The van der Waals surface area contributed by atoms with Gasteiger partial charge in [0.2, 0.25) is 23.6 Å². The highest BCUT2D eigenvalue weighted by molar-refractivity contribution is 6.06. The summed E-state index contributed by atoms with van der Waals surface area (Å²) in [6.07, 6.45) is 10.0. The third kappa shape index (κ3) is 12.0. The van der Waals surface area contributed by atoms with E-state index in [1.54, 1.807) is 28.9 Å². The molecule has 0 radical (unpaired) electrons. The number of aromatic nitrogens is 5. The van der Waals surface area contributed by atoms with E-state index in [-0.39, 0.29) is 53.7 Å². The summed E-state index contributed by atoms with van der Waals surface area (Å²) in [7, 11) is 1.76. The summed E-state index contributed by atoms with van der Waals surface area (Å²) in [4.78, 5) is 63.0. The van der Waals surface area contributed by atoms with Crippen LogP contribution in [0.1, 0.15) is 98.4 Å². The zero-order chi connectivity index (χ0) is 50.9. The van der Waals surface area contributed by atoms with Gasteiger partial charge in [0.05, 0.1) is 30.7 Å². The first-order chi connectivity index (χ1) is 35.4. The lowest BCUT2D eigenvalue weighted by Gasteiger charge is -2.38. The smallest absolute Gasteiger partial charge is 0.281 e. The quantitative estimate of drug-likeness (QED) is 0.0633. The zero-order valence-corrected chi connectivity index (χ0v) is 41.4. The minimum Gasteiger partial charge on any atom is -0.475 e. The maximum atomic E-state index is 14.3. The van der Waals surface area contributed by atoms with Crippen LogP contribution >= 0.6 is 0 Å². The topological polar surface area (TPSA) is 174 Å². The molecule has 14 nitrogen and oxygen atoms in total. The molecule has 1 aliphatic heterocycles. The van der Waals surface area contributed by atoms with E-state index in [4.69, 9.17) is 4.74 Å². The van der Waals surface area contributed by atoms with Gasteiger partial charge in [0.15, 0.2) is 5.52 Å². The predicted octanol–water partition coefficient (Wildman–Crippen LogP) is 8.60. The van der Waals surface area contributed by atoms with Gasteiger partial charge in [0.25, 0.3) is 5.56 Å². The molecule has 1 atom stereocenters. The van der Waals surface area contributed by atoms with Gasteiger partial charge in [-0.1, -0.05) is 105 Å². The molecule has 4 aromatic carbocycles. The predicted molar refractivity (Wildman–Crippen MR) is 280 cm³/mol. The first kappa shape index (κ1) is 50.2. The van der Waals surface area contributed by atoms with Crippen molar-refractivity contribution in [1.29, 1.82) is 0 Å². The summed E-state index contributed by atoms with van der Waals surface area (Å²) in [5.41, 5.74) is 8.21. The van der Waals surface area contributed by atoms with E-state index >= 15 is 0 Å². The van der Waals surface area contributed by atoms with Crippen LogP contribution in [0.25, 0.3) is 45.1 Å². The maximum Gasteiger partial charge on any atom is 0.281 e. The van der Waals surface area contributed by atoms with Crippen LogP contribution in [-0.4, -0.2) is 83.9 Å². The van der Waals surface area contributed by atoms with Gasteiger partial charge in [-0.25, -0.2) is 14.4 Å². The molecule has 3 aromatic heterocycles. The largest absolute Gasteiger partial charge is 0.475 e. The lowest BCUT2D eigenvalue weighted by atomic mass is 9.90. The zero-order valence-electron chi connectivity index (χ0n) is 41.4. The van der Waals surface area contributed by atoms with Crippen LogP contribution in [0, 0.1) is 5.82 Å². The summed E-state index contributed by atoms with van der Waals surface area (Å²) in [5, 5.41) is 22.0. The Morgan fingerprint density at radius 3 is 2.26 bits per heavy atom. The minimum atomic E-state index is -1.17. The van der Waals surface area contributed by atoms with Crippen molar-refractivity contribution in [1.82, 2.24) is 39.8 Å². The Kier molecular flexibility index (Phi) is 15.6. The molecule has 1 fully saturated rings. The van der Waals surface area contributed by atoms with Gasteiger partial charge >= 0.3 is 0 Å². The first-order valence-corrected chi connectivity index (χ1v) is 25.2. The van der Waals surface area contributed by atoms with Crippen LogP contribution in [0.3, 0.4) is 0 Å². The molecule has 376 valence electrons. The molecule has 15 heteroatoms. The molecule has 1 aliphatic carbocycles. The second-order valence-electron chi connectivity index (χ2n) is 19.2. The number of halogens is 1. The average molecular weight is 985 g/mol. The molecular weight excluding hydrogens is 924 g/mol. The van der Waals surface area contributed by atoms with Crippen LogP contribution in [0.4, 0.5) is 4.39 Å². The Balaban J connectivity index is 0.666. The van der Waals surface area contributed by atoms with Crippen LogP contribution in [0.5, 0.6) is 5.88 Å².